The minimum absolute atomic E-state index is 0.0469. The summed E-state index contributed by atoms with van der Waals surface area (Å²) in [6.07, 6.45) is 4.90. The van der Waals surface area contributed by atoms with Crippen molar-refractivity contribution in [1.82, 2.24) is 19.8 Å². The third-order valence-electron chi connectivity index (χ3n) is 6.55. The average molecular weight is 451 g/mol. The summed E-state index contributed by atoms with van der Waals surface area (Å²) in [6.45, 7) is 6.24. The van der Waals surface area contributed by atoms with E-state index in [1.807, 2.05) is 43.6 Å². The largest absolute Gasteiger partial charge is 0.348 e. The van der Waals surface area contributed by atoms with E-state index in [2.05, 4.69) is 68.3 Å². The molecule has 0 unspecified atom stereocenters. The number of carbonyl (C=O) groups is 1. The summed E-state index contributed by atoms with van der Waals surface area (Å²) in [5, 5.41) is 3.06. The molecule has 5 heteroatoms. The van der Waals surface area contributed by atoms with Gasteiger partial charge >= 0.3 is 0 Å². The Morgan fingerprint density at radius 3 is 2.50 bits per heavy atom. The number of hydrogen-bond donors (Lipinski definition) is 1. The first-order valence-corrected chi connectivity index (χ1v) is 11.9. The van der Waals surface area contributed by atoms with Crippen molar-refractivity contribution >= 4 is 5.91 Å². The Bertz CT molecular complexity index is 1280. The molecule has 34 heavy (non-hydrogen) atoms. The van der Waals surface area contributed by atoms with Crippen LogP contribution in [0, 0.1) is 6.92 Å². The van der Waals surface area contributed by atoms with E-state index < -0.39 is 0 Å². The summed E-state index contributed by atoms with van der Waals surface area (Å²) in [4.78, 5) is 19.5. The number of benzene rings is 3. The Morgan fingerprint density at radius 1 is 0.912 bits per heavy atom. The van der Waals surface area contributed by atoms with Crippen molar-refractivity contribution in [2.45, 2.75) is 39.5 Å². The topological polar surface area (TPSA) is 50.2 Å². The van der Waals surface area contributed by atoms with Crippen molar-refractivity contribution in [2.24, 2.45) is 0 Å². The molecule has 0 radical (unpaired) electrons. The number of carbonyl (C=O) groups excluding carboxylic acids is 1. The Morgan fingerprint density at radius 2 is 1.71 bits per heavy atom. The summed E-state index contributed by atoms with van der Waals surface area (Å²) in [5.74, 6) is 0.946. The van der Waals surface area contributed by atoms with Crippen molar-refractivity contribution in [2.75, 3.05) is 6.54 Å². The smallest absolute Gasteiger partial charge is 0.251 e. The van der Waals surface area contributed by atoms with Gasteiger partial charge in [0.2, 0.25) is 0 Å². The first kappa shape index (κ1) is 22.1. The van der Waals surface area contributed by atoms with Crippen molar-refractivity contribution in [1.29, 1.82) is 0 Å². The summed E-state index contributed by atoms with van der Waals surface area (Å²) in [5.41, 5.74) is 7.10. The van der Waals surface area contributed by atoms with Crippen molar-refractivity contribution in [3.05, 3.63) is 124 Å². The lowest BCUT2D eigenvalue weighted by Gasteiger charge is -2.28. The lowest BCUT2D eigenvalue weighted by atomic mass is 9.99. The molecule has 0 atom stereocenters. The Hall–Kier alpha value is -3.70. The fraction of sp³-hybridized carbons (Fsp3) is 0.241. The Kier molecular flexibility index (Phi) is 6.54. The monoisotopic (exact) mass is 450 g/mol. The zero-order chi connectivity index (χ0) is 23.3. The predicted molar refractivity (Wildman–Crippen MR) is 134 cm³/mol. The van der Waals surface area contributed by atoms with Gasteiger partial charge in [0.15, 0.2) is 0 Å². The molecule has 4 aromatic rings. The lowest BCUT2D eigenvalue weighted by molar-refractivity contribution is 0.0951. The van der Waals surface area contributed by atoms with E-state index in [0.717, 1.165) is 44.0 Å². The second kappa shape index (κ2) is 10.1. The van der Waals surface area contributed by atoms with E-state index in [-0.39, 0.29) is 5.91 Å². The normalized spacial score (nSPS) is 13.4. The zero-order valence-electron chi connectivity index (χ0n) is 19.6. The highest BCUT2D eigenvalue weighted by atomic mass is 16.1. The van der Waals surface area contributed by atoms with Gasteiger partial charge in [-0.2, -0.15) is 0 Å². The molecule has 1 aliphatic rings. The number of aryl methyl sites for hydroxylation is 1. The standard InChI is InChI=1S/C29H30N4O/c1-22-30-14-16-33(22)20-25-6-4-5-24(17-25)18-31-29(34)27-11-9-23(10-12-27)19-32-15-13-26-7-2-3-8-28(26)21-32/h2-12,14,16-17H,13,15,18-21H2,1H3,(H,31,34). The van der Waals surface area contributed by atoms with E-state index in [1.54, 1.807) is 0 Å². The van der Waals surface area contributed by atoms with E-state index in [0.29, 0.717) is 12.1 Å². The minimum atomic E-state index is -0.0469. The van der Waals surface area contributed by atoms with Crippen LogP contribution < -0.4 is 5.32 Å². The highest BCUT2D eigenvalue weighted by Gasteiger charge is 2.16. The van der Waals surface area contributed by atoms with Crippen LogP contribution in [0.4, 0.5) is 0 Å². The van der Waals surface area contributed by atoms with Gasteiger partial charge in [0.1, 0.15) is 5.82 Å². The van der Waals surface area contributed by atoms with Gasteiger partial charge in [0, 0.05) is 50.7 Å². The third-order valence-corrected chi connectivity index (χ3v) is 6.55. The maximum Gasteiger partial charge on any atom is 0.251 e. The van der Waals surface area contributed by atoms with Gasteiger partial charge in [-0.1, -0.05) is 60.7 Å². The van der Waals surface area contributed by atoms with Crippen LogP contribution in [-0.4, -0.2) is 26.9 Å². The molecule has 2 heterocycles. The quantitative estimate of drug-likeness (QED) is 0.443. The fourth-order valence-electron chi connectivity index (χ4n) is 4.60. The number of aromatic nitrogens is 2. The summed E-state index contributed by atoms with van der Waals surface area (Å²) in [6, 6.07) is 25.0. The molecule has 1 aromatic heterocycles. The molecular formula is C29H30N4O. The molecule has 0 saturated carbocycles. The van der Waals surface area contributed by atoms with E-state index in [1.165, 1.54) is 22.3 Å². The van der Waals surface area contributed by atoms with Gasteiger partial charge in [-0.3, -0.25) is 9.69 Å². The molecule has 0 aliphatic carbocycles. The predicted octanol–water partition coefficient (Wildman–Crippen LogP) is 4.73. The molecule has 172 valence electrons. The first-order chi connectivity index (χ1) is 16.6. The molecule has 1 amide bonds. The summed E-state index contributed by atoms with van der Waals surface area (Å²) in [7, 11) is 0. The average Bonchev–Trinajstić information content (AvgIpc) is 3.27. The molecule has 0 spiro atoms. The van der Waals surface area contributed by atoms with E-state index >= 15 is 0 Å². The minimum Gasteiger partial charge on any atom is -0.348 e. The second-order valence-electron chi connectivity index (χ2n) is 9.03. The number of nitrogens with one attached hydrogen (secondary N) is 1. The number of amides is 1. The molecule has 1 N–H and O–H groups in total. The number of rotatable bonds is 7. The highest BCUT2D eigenvalue weighted by molar-refractivity contribution is 5.94. The third kappa shape index (κ3) is 5.26. The molecule has 0 saturated heterocycles. The summed E-state index contributed by atoms with van der Waals surface area (Å²) >= 11 is 0. The van der Waals surface area contributed by atoms with Crippen LogP contribution >= 0.6 is 0 Å². The lowest BCUT2D eigenvalue weighted by Crippen LogP contribution is -2.30. The van der Waals surface area contributed by atoms with Gasteiger partial charge < -0.3 is 9.88 Å². The maximum atomic E-state index is 12.7. The Labute approximate surface area is 201 Å². The SMILES string of the molecule is Cc1nccn1Cc1cccc(CNC(=O)c2ccc(CN3CCc4ccccc4C3)cc2)c1. The van der Waals surface area contributed by atoms with Crippen LogP contribution in [0.2, 0.25) is 0 Å². The molecule has 5 rings (SSSR count). The second-order valence-corrected chi connectivity index (χ2v) is 9.03. The van der Waals surface area contributed by atoms with Crippen LogP contribution in [-0.2, 0) is 32.6 Å². The Balaban J connectivity index is 1.15. The molecule has 5 nitrogen and oxygen atoms in total. The van der Waals surface area contributed by atoms with Crippen molar-refractivity contribution < 1.29 is 4.79 Å². The maximum absolute atomic E-state index is 12.7. The highest BCUT2D eigenvalue weighted by Crippen LogP contribution is 2.20. The molecule has 3 aromatic carbocycles. The summed E-state index contributed by atoms with van der Waals surface area (Å²) < 4.78 is 2.11. The van der Waals surface area contributed by atoms with Crippen LogP contribution in [0.15, 0.2) is 85.2 Å². The number of imidazole rings is 1. The van der Waals surface area contributed by atoms with Crippen molar-refractivity contribution in [3.63, 3.8) is 0 Å². The zero-order valence-corrected chi connectivity index (χ0v) is 19.6. The van der Waals surface area contributed by atoms with Crippen LogP contribution in [0.5, 0.6) is 0 Å². The number of fused-ring (bicyclic) bond motifs is 1. The van der Waals surface area contributed by atoms with Gasteiger partial charge in [-0.05, 0) is 53.3 Å². The van der Waals surface area contributed by atoms with Gasteiger partial charge in [0.05, 0.1) is 0 Å². The van der Waals surface area contributed by atoms with E-state index in [9.17, 15) is 4.79 Å². The molecule has 0 fully saturated rings. The number of nitrogens with zero attached hydrogens (tertiary/aromatic N) is 3. The molecule has 1 aliphatic heterocycles. The first-order valence-electron chi connectivity index (χ1n) is 11.9. The van der Waals surface area contributed by atoms with Gasteiger partial charge in [0.25, 0.3) is 5.91 Å². The van der Waals surface area contributed by atoms with Crippen LogP contribution in [0.3, 0.4) is 0 Å². The van der Waals surface area contributed by atoms with Crippen LogP contribution in [0.25, 0.3) is 0 Å². The molecule has 0 bridgehead atoms. The number of hydrogen-bond acceptors (Lipinski definition) is 3. The fourth-order valence-corrected chi connectivity index (χ4v) is 4.60. The van der Waals surface area contributed by atoms with E-state index in [4.69, 9.17) is 0 Å². The van der Waals surface area contributed by atoms with Gasteiger partial charge in [-0.15, -0.1) is 0 Å². The van der Waals surface area contributed by atoms with Crippen molar-refractivity contribution in [3.8, 4) is 0 Å². The van der Waals surface area contributed by atoms with Crippen LogP contribution in [0.1, 0.15) is 44.0 Å². The molecular weight excluding hydrogens is 420 g/mol. The van der Waals surface area contributed by atoms with Gasteiger partial charge in [-0.25, -0.2) is 4.98 Å².